The Labute approximate surface area is 89.0 Å². The van der Waals surface area contributed by atoms with Crippen LogP contribution >= 0.6 is 11.6 Å². The molecular weight excluding hydrogens is 198 g/mol. The van der Waals surface area contributed by atoms with Crippen LogP contribution in [0.15, 0.2) is 12.1 Å². The van der Waals surface area contributed by atoms with E-state index < -0.39 is 0 Å². The lowest BCUT2D eigenvalue weighted by Crippen LogP contribution is -2.25. The lowest BCUT2D eigenvalue weighted by atomic mass is 10.0. The smallest absolute Gasteiger partial charge is 0.128 e. The minimum atomic E-state index is -0.128. The Kier molecular flexibility index (Phi) is 2.20. The van der Waals surface area contributed by atoms with E-state index in [1.165, 1.54) is 5.56 Å². The Hall–Kier alpha value is -0.730. The normalized spacial score (nSPS) is 17.7. The molecule has 0 saturated heterocycles. The van der Waals surface area contributed by atoms with Crippen LogP contribution in [0.4, 0.5) is 0 Å². The van der Waals surface area contributed by atoms with Crippen molar-refractivity contribution in [1.82, 2.24) is 0 Å². The summed E-state index contributed by atoms with van der Waals surface area (Å²) in [6.45, 7) is 4.61. The van der Waals surface area contributed by atoms with Crippen LogP contribution in [0.25, 0.3) is 0 Å². The van der Waals surface area contributed by atoms with E-state index in [-0.39, 0.29) is 5.60 Å². The summed E-state index contributed by atoms with van der Waals surface area (Å²) < 4.78 is 5.83. The van der Waals surface area contributed by atoms with Crippen molar-refractivity contribution in [2.24, 2.45) is 5.73 Å². The second-order valence-corrected chi connectivity index (χ2v) is 4.73. The first-order valence-corrected chi connectivity index (χ1v) is 5.10. The van der Waals surface area contributed by atoms with Crippen LogP contribution in [-0.2, 0) is 13.0 Å². The molecule has 1 aromatic carbocycles. The van der Waals surface area contributed by atoms with Gasteiger partial charge in [-0.1, -0.05) is 11.6 Å². The second kappa shape index (κ2) is 3.14. The lowest BCUT2D eigenvalue weighted by Gasteiger charge is -2.17. The number of hydrogen-bond acceptors (Lipinski definition) is 2. The Morgan fingerprint density at radius 1 is 1.50 bits per heavy atom. The van der Waals surface area contributed by atoms with Gasteiger partial charge in [-0.2, -0.15) is 0 Å². The third-order valence-electron chi connectivity index (χ3n) is 2.42. The fourth-order valence-electron chi connectivity index (χ4n) is 1.90. The van der Waals surface area contributed by atoms with Crippen LogP contribution in [0, 0.1) is 0 Å². The van der Waals surface area contributed by atoms with E-state index >= 15 is 0 Å². The van der Waals surface area contributed by atoms with Gasteiger partial charge in [-0.05, 0) is 31.5 Å². The summed E-state index contributed by atoms with van der Waals surface area (Å²) in [4.78, 5) is 0. The van der Waals surface area contributed by atoms with Gasteiger partial charge in [0.2, 0.25) is 0 Å². The number of rotatable bonds is 1. The van der Waals surface area contributed by atoms with E-state index in [0.717, 1.165) is 22.8 Å². The van der Waals surface area contributed by atoms with Crippen molar-refractivity contribution in [3.63, 3.8) is 0 Å². The van der Waals surface area contributed by atoms with Gasteiger partial charge in [0, 0.05) is 23.6 Å². The molecule has 1 heterocycles. The van der Waals surface area contributed by atoms with Crippen molar-refractivity contribution < 1.29 is 4.74 Å². The standard InChI is InChI=1S/C11H14ClNO/c1-11(2)5-7-3-9(12)4-8(6-13)10(7)14-11/h3-4H,5-6,13H2,1-2H3. The predicted molar refractivity (Wildman–Crippen MR) is 57.8 cm³/mol. The summed E-state index contributed by atoms with van der Waals surface area (Å²) in [6, 6.07) is 3.84. The first-order valence-electron chi connectivity index (χ1n) is 4.72. The summed E-state index contributed by atoms with van der Waals surface area (Å²) in [7, 11) is 0. The zero-order chi connectivity index (χ0) is 10.3. The number of benzene rings is 1. The second-order valence-electron chi connectivity index (χ2n) is 4.30. The van der Waals surface area contributed by atoms with Gasteiger partial charge >= 0.3 is 0 Å². The molecule has 14 heavy (non-hydrogen) atoms. The van der Waals surface area contributed by atoms with Crippen molar-refractivity contribution in [2.45, 2.75) is 32.4 Å². The highest BCUT2D eigenvalue weighted by Gasteiger charge is 2.31. The molecule has 1 aliphatic rings. The molecule has 0 aliphatic carbocycles. The third kappa shape index (κ3) is 1.60. The lowest BCUT2D eigenvalue weighted by molar-refractivity contribution is 0.137. The first kappa shape index (κ1) is 9.81. The summed E-state index contributed by atoms with van der Waals surface area (Å²) in [5.41, 5.74) is 7.68. The Bertz CT molecular complexity index is 374. The summed E-state index contributed by atoms with van der Waals surface area (Å²) >= 11 is 5.99. The SMILES string of the molecule is CC1(C)Cc2cc(Cl)cc(CN)c2O1. The highest BCUT2D eigenvalue weighted by Crippen LogP contribution is 2.39. The van der Waals surface area contributed by atoms with Gasteiger partial charge in [-0.25, -0.2) is 0 Å². The van der Waals surface area contributed by atoms with Crippen molar-refractivity contribution in [1.29, 1.82) is 0 Å². The average Bonchev–Trinajstić information content (AvgIpc) is 2.37. The molecular formula is C11H14ClNO. The van der Waals surface area contributed by atoms with E-state index in [9.17, 15) is 0 Å². The van der Waals surface area contributed by atoms with Crippen molar-refractivity contribution >= 4 is 11.6 Å². The Morgan fingerprint density at radius 2 is 2.21 bits per heavy atom. The maximum atomic E-state index is 5.99. The summed E-state index contributed by atoms with van der Waals surface area (Å²) in [5, 5.41) is 0.741. The van der Waals surface area contributed by atoms with Gasteiger partial charge in [0.15, 0.2) is 0 Å². The monoisotopic (exact) mass is 211 g/mol. The third-order valence-corrected chi connectivity index (χ3v) is 2.64. The molecule has 2 nitrogen and oxygen atoms in total. The van der Waals surface area contributed by atoms with Crippen molar-refractivity contribution in [3.05, 3.63) is 28.3 Å². The highest BCUT2D eigenvalue weighted by molar-refractivity contribution is 6.30. The molecule has 76 valence electrons. The van der Waals surface area contributed by atoms with Crippen LogP contribution in [0.1, 0.15) is 25.0 Å². The molecule has 0 fully saturated rings. The van der Waals surface area contributed by atoms with Crippen molar-refractivity contribution in [2.75, 3.05) is 0 Å². The zero-order valence-corrected chi connectivity index (χ0v) is 9.19. The fourth-order valence-corrected chi connectivity index (χ4v) is 2.16. The molecule has 1 aromatic rings. The highest BCUT2D eigenvalue weighted by atomic mass is 35.5. The number of ether oxygens (including phenoxy) is 1. The molecule has 0 spiro atoms. The number of nitrogens with two attached hydrogens (primary N) is 1. The quantitative estimate of drug-likeness (QED) is 0.775. The number of halogens is 1. The van der Waals surface area contributed by atoms with Crippen molar-refractivity contribution in [3.8, 4) is 5.75 Å². The Balaban J connectivity index is 2.50. The summed E-state index contributed by atoms with van der Waals surface area (Å²) in [6.07, 6.45) is 0.899. The molecule has 0 unspecified atom stereocenters. The molecule has 0 amide bonds. The van der Waals surface area contributed by atoms with Gasteiger partial charge in [0.05, 0.1) is 0 Å². The van der Waals surface area contributed by atoms with Gasteiger partial charge in [-0.15, -0.1) is 0 Å². The molecule has 0 radical (unpaired) electrons. The van der Waals surface area contributed by atoms with Crippen LogP contribution < -0.4 is 10.5 Å². The fraction of sp³-hybridized carbons (Fsp3) is 0.455. The maximum absolute atomic E-state index is 5.99. The van der Waals surface area contributed by atoms with E-state index in [0.29, 0.717) is 6.54 Å². The van der Waals surface area contributed by atoms with Crippen LogP contribution in [0.5, 0.6) is 5.75 Å². The average molecular weight is 212 g/mol. The van der Waals surface area contributed by atoms with Gasteiger partial charge in [0.1, 0.15) is 11.4 Å². The molecule has 0 aromatic heterocycles. The largest absolute Gasteiger partial charge is 0.487 e. The molecule has 0 bridgehead atoms. The molecule has 0 atom stereocenters. The van der Waals surface area contributed by atoms with Gasteiger partial charge in [-0.3, -0.25) is 0 Å². The molecule has 3 heteroatoms. The number of hydrogen-bond donors (Lipinski definition) is 1. The van der Waals surface area contributed by atoms with E-state index in [1.54, 1.807) is 0 Å². The van der Waals surface area contributed by atoms with Crippen LogP contribution in [-0.4, -0.2) is 5.60 Å². The number of fused-ring (bicyclic) bond motifs is 1. The van der Waals surface area contributed by atoms with E-state index in [2.05, 4.69) is 13.8 Å². The maximum Gasteiger partial charge on any atom is 0.128 e. The van der Waals surface area contributed by atoms with Crippen LogP contribution in [0.2, 0.25) is 5.02 Å². The zero-order valence-electron chi connectivity index (χ0n) is 8.43. The summed E-state index contributed by atoms with van der Waals surface area (Å²) in [5.74, 6) is 0.932. The Morgan fingerprint density at radius 3 is 2.86 bits per heavy atom. The minimum absolute atomic E-state index is 0.128. The molecule has 2 N–H and O–H groups in total. The molecule has 1 aliphatic heterocycles. The van der Waals surface area contributed by atoms with Crippen LogP contribution in [0.3, 0.4) is 0 Å². The molecule has 0 saturated carbocycles. The minimum Gasteiger partial charge on any atom is -0.487 e. The molecule has 2 rings (SSSR count). The first-order chi connectivity index (χ1) is 6.52. The van der Waals surface area contributed by atoms with E-state index in [4.69, 9.17) is 22.1 Å². The predicted octanol–water partition coefficient (Wildman–Crippen LogP) is 2.51. The van der Waals surface area contributed by atoms with E-state index in [1.807, 2.05) is 12.1 Å². The van der Waals surface area contributed by atoms with Gasteiger partial charge in [0.25, 0.3) is 0 Å². The topological polar surface area (TPSA) is 35.2 Å². The van der Waals surface area contributed by atoms with Gasteiger partial charge < -0.3 is 10.5 Å².